The molecule has 0 aromatic heterocycles. The van der Waals surface area contributed by atoms with Crippen molar-refractivity contribution >= 4 is 23.4 Å². The molecule has 1 heterocycles. The van der Waals surface area contributed by atoms with Gasteiger partial charge in [-0.3, -0.25) is 19.3 Å². The van der Waals surface area contributed by atoms with Crippen LogP contribution in [0.3, 0.4) is 0 Å². The Bertz CT molecular complexity index is 953. The molecule has 9 heteroatoms. The van der Waals surface area contributed by atoms with E-state index in [2.05, 4.69) is 5.32 Å². The maximum atomic E-state index is 12.4. The Morgan fingerprint density at radius 3 is 2.30 bits per heavy atom. The fraction of sp³-hybridized carbons (Fsp3) is 0.286. The van der Waals surface area contributed by atoms with Gasteiger partial charge in [-0.1, -0.05) is 18.2 Å². The maximum Gasteiger partial charge on any atom is 0.422 e. The van der Waals surface area contributed by atoms with Crippen LogP contribution in [-0.4, -0.2) is 41.9 Å². The molecule has 3 rings (SSSR count). The second-order valence-corrected chi connectivity index (χ2v) is 6.86. The summed E-state index contributed by atoms with van der Waals surface area (Å²) in [5.41, 5.74) is 1.46. The van der Waals surface area contributed by atoms with Crippen molar-refractivity contribution in [3.63, 3.8) is 0 Å². The largest absolute Gasteiger partial charge is 0.482 e. The number of hydrogen-bond acceptors (Lipinski definition) is 4. The van der Waals surface area contributed by atoms with E-state index in [1.165, 1.54) is 12.1 Å². The normalized spacial score (nSPS) is 13.4. The predicted molar refractivity (Wildman–Crippen MR) is 102 cm³/mol. The van der Waals surface area contributed by atoms with Gasteiger partial charge in [-0.05, 0) is 43.2 Å². The summed E-state index contributed by atoms with van der Waals surface area (Å²) in [5, 5.41) is 2.52. The molecule has 2 aromatic carbocycles. The molecule has 0 spiro atoms. The van der Waals surface area contributed by atoms with E-state index in [1.807, 2.05) is 0 Å². The molecule has 30 heavy (non-hydrogen) atoms. The van der Waals surface area contributed by atoms with Crippen LogP contribution in [0.25, 0.3) is 0 Å². The lowest BCUT2D eigenvalue weighted by Crippen LogP contribution is -2.31. The Morgan fingerprint density at radius 1 is 1.07 bits per heavy atom. The highest BCUT2D eigenvalue weighted by Gasteiger charge is 2.34. The summed E-state index contributed by atoms with van der Waals surface area (Å²) in [4.78, 5) is 37.9. The Labute approximate surface area is 170 Å². The van der Waals surface area contributed by atoms with Gasteiger partial charge in [0, 0.05) is 13.0 Å². The van der Waals surface area contributed by atoms with Gasteiger partial charge in [-0.25, -0.2) is 0 Å². The van der Waals surface area contributed by atoms with E-state index >= 15 is 0 Å². The first kappa shape index (κ1) is 21.4. The topological polar surface area (TPSA) is 75.7 Å². The van der Waals surface area contributed by atoms with Crippen molar-refractivity contribution < 1.29 is 32.3 Å². The van der Waals surface area contributed by atoms with Crippen LogP contribution in [0.1, 0.15) is 39.1 Å². The summed E-state index contributed by atoms with van der Waals surface area (Å²) < 4.78 is 42.1. The van der Waals surface area contributed by atoms with Gasteiger partial charge >= 0.3 is 6.18 Å². The van der Waals surface area contributed by atoms with Crippen molar-refractivity contribution in [3.05, 3.63) is 59.2 Å². The second-order valence-electron chi connectivity index (χ2n) is 6.86. The minimum absolute atomic E-state index is 0.0278. The number of amides is 3. The summed E-state index contributed by atoms with van der Waals surface area (Å²) in [6, 6.07) is 11.0. The number of alkyl halides is 3. The molecule has 0 saturated carbocycles. The summed E-state index contributed by atoms with van der Waals surface area (Å²) in [7, 11) is 0. The molecule has 0 atom stereocenters. The zero-order valence-corrected chi connectivity index (χ0v) is 16.1. The van der Waals surface area contributed by atoms with Crippen LogP contribution in [0.15, 0.2) is 42.5 Å². The first-order valence-corrected chi connectivity index (χ1v) is 9.21. The second kappa shape index (κ2) is 8.56. The van der Waals surface area contributed by atoms with E-state index in [9.17, 15) is 27.6 Å². The van der Waals surface area contributed by atoms with E-state index in [1.54, 1.807) is 37.3 Å². The minimum Gasteiger partial charge on any atom is -0.482 e. The molecular formula is C21H19F3N2O4. The molecule has 0 unspecified atom stereocenters. The van der Waals surface area contributed by atoms with Crippen molar-refractivity contribution in [2.75, 3.05) is 18.5 Å². The number of aryl methyl sites for hydroxylation is 1. The smallest absolute Gasteiger partial charge is 0.422 e. The van der Waals surface area contributed by atoms with Crippen LogP contribution in [0, 0.1) is 6.92 Å². The van der Waals surface area contributed by atoms with E-state index < -0.39 is 30.5 Å². The van der Waals surface area contributed by atoms with E-state index in [0.29, 0.717) is 16.7 Å². The van der Waals surface area contributed by atoms with Crippen LogP contribution in [-0.2, 0) is 4.79 Å². The monoisotopic (exact) mass is 420 g/mol. The third-order valence-electron chi connectivity index (χ3n) is 4.47. The Hall–Kier alpha value is -3.36. The molecule has 0 saturated heterocycles. The van der Waals surface area contributed by atoms with Crippen molar-refractivity contribution in [1.29, 1.82) is 0 Å². The Balaban J connectivity index is 1.56. The fourth-order valence-electron chi connectivity index (χ4n) is 3.06. The fourth-order valence-corrected chi connectivity index (χ4v) is 3.06. The molecule has 1 aliphatic rings. The van der Waals surface area contributed by atoms with Crippen LogP contribution >= 0.6 is 0 Å². The molecule has 0 radical (unpaired) electrons. The van der Waals surface area contributed by atoms with Gasteiger partial charge in [-0.15, -0.1) is 0 Å². The van der Waals surface area contributed by atoms with Crippen molar-refractivity contribution in [2.24, 2.45) is 0 Å². The maximum absolute atomic E-state index is 12.4. The third kappa shape index (κ3) is 4.97. The highest BCUT2D eigenvalue weighted by molar-refractivity contribution is 6.21. The van der Waals surface area contributed by atoms with E-state index in [0.717, 1.165) is 4.90 Å². The molecule has 2 aromatic rings. The minimum atomic E-state index is -4.50. The van der Waals surface area contributed by atoms with Gasteiger partial charge in [0.15, 0.2) is 6.61 Å². The number of imide groups is 1. The highest BCUT2D eigenvalue weighted by Crippen LogP contribution is 2.28. The van der Waals surface area contributed by atoms with Gasteiger partial charge in [0.05, 0.1) is 16.8 Å². The van der Waals surface area contributed by atoms with Crippen LogP contribution in [0.5, 0.6) is 5.75 Å². The number of rotatable bonds is 7. The number of nitrogens with one attached hydrogen (secondary N) is 1. The van der Waals surface area contributed by atoms with Gasteiger partial charge in [-0.2, -0.15) is 13.2 Å². The average molecular weight is 420 g/mol. The quantitative estimate of drug-likeness (QED) is 0.689. The first-order chi connectivity index (χ1) is 14.2. The van der Waals surface area contributed by atoms with Gasteiger partial charge in [0.1, 0.15) is 5.75 Å². The summed E-state index contributed by atoms with van der Waals surface area (Å²) in [6.45, 7) is 0.276. The lowest BCUT2D eigenvalue weighted by molar-refractivity contribution is -0.153. The molecule has 0 fully saturated rings. The zero-order valence-electron chi connectivity index (χ0n) is 16.1. The number of benzene rings is 2. The predicted octanol–water partition coefficient (Wildman–Crippen LogP) is 3.95. The SMILES string of the molecule is Cc1ccc(NC(=O)CCCN2C(=O)c3ccccc3C2=O)c(OCC(F)(F)F)c1. The number of ether oxygens (including phenoxy) is 1. The lowest BCUT2D eigenvalue weighted by atomic mass is 10.1. The number of carbonyl (C=O) groups excluding carboxylic acids is 3. The standard InChI is InChI=1S/C21H19F3N2O4/c1-13-8-9-16(17(11-13)30-12-21(22,23)24)25-18(27)7-4-10-26-19(28)14-5-2-3-6-15(14)20(26)29/h2-3,5-6,8-9,11H,4,7,10,12H2,1H3,(H,25,27). The molecule has 3 amide bonds. The summed E-state index contributed by atoms with van der Waals surface area (Å²) in [6.07, 6.45) is -4.32. The number of anilines is 1. The number of hydrogen-bond donors (Lipinski definition) is 1. The molecule has 1 aliphatic heterocycles. The van der Waals surface area contributed by atoms with Crippen LogP contribution in [0.2, 0.25) is 0 Å². The average Bonchev–Trinajstić information content (AvgIpc) is 2.93. The van der Waals surface area contributed by atoms with E-state index in [4.69, 9.17) is 4.74 Å². The molecule has 158 valence electrons. The van der Waals surface area contributed by atoms with Crippen molar-refractivity contribution in [3.8, 4) is 5.75 Å². The first-order valence-electron chi connectivity index (χ1n) is 9.21. The molecule has 1 N–H and O–H groups in total. The summed E-state index contributed by atoms with van der Waals surface area (Å²) >= 11 is 0. The summed E-state index contributed by atoms with van der Waals surface area (Å²) in [5.74, 6) is -1.36. The number of fused-ring (bicyclic) bond motifs is 1. The van der Waals surface area contributed by atoms with Crippen LogP contribution < -0.4 is 10.1 Å². The molecule has 0 aliphatic carbocycles. The van der Waals surface area contributed by atoms with Gasteiger partial charge < -0.3 is 10.1 Å². The van der Waals surface area contributed by atoms with E-state index in [-0.39, 0.29) is 30.8 Å². The molecular weight excluding hydrogens is 401 g/mol. The highest BCUT2D eigenvalue weighted by atomic mass is 19.4. The number of carbonyl (C=O) groups is 3. The van der Waals surface area contributed by atoms with Gasteiger partial charge in [0.2, 0.25) is 5.91 Å². The Morgan fingerprint density at radius 2 is 1.70 bits per heavy atom. The number of nitrogens with zero attached hydrogens (tertiary/aromatic N) is 1. The third-order valence-corrected chi connectivity index (χ3v) is 4.47. The molecule has 0 bridgehead atoms. The zero-order chi connectivity index (χ0) is 21.9. The van der Waals surface area contributed by atoms with Crippen molar-refractivity contribution in [2.45, 2.75) is 25.9 Å². The van der Waals surface area contributed by atoms with Gasteiger partial charge in [0.25, 0.3) is 11.8 Å². The molecule has 6 nitrogen and oxygen atoms in total. The Kier molecular flexibility index (Phi) is 6.09. The lowest BCUT2D eigenvalue weighted by Gasteiger charge is -2.15. The van der Waals surface area contributed by atoms with Crippen molar-refractivity contribution in [1.82, 2.24) is 4.90 Å². The van der Waals surface area contributed by atoms with Crippen LogP contribution in [0.4, 0.5) is 18.9 Å². The number of halogens is 3.